The number of amides is 1. The second-order valence-electron chi connectivity index (χ2n) is 6.78. The van der Waals surface area contributed by atoms with Gasteiger partial charge in [-0.05, 0) is 37.0 Å². The molecule has 0 aromatic rings. The third kappa shape index (κ3) is 3.23. The average molecular weight is 307 g/mol. The maximum Gasteiger partial charge on any atom is 0.326 e. The fourth-order valence-electron chi connectivity index (χ4n) is 3.62. The molecule has 0 heterocycles. The third-order valence-corrected chi connectivity index (χ3v) is 4.98. The fraction of sp³-hybridized carbons (Fsp3) is 0.706. The molecule has 5 heteroatoms. The highest BCUT2D eigenvalue weighted by Gasteiger charge is 2.43. The molecule has 0 aromatic heterocycles. The molecule has 5 nitrogen and oxygen atoms in total. The van der Waals surface area contributed by atoms with Crippen LogP contribution in [0.15, 0.2) is 11.6 Å². The fourth-order valence-corrected chi connectivity index (χ4v) is 3.62. The standard InChI is InChI=1S/C17H25NO4/c1-4-10-7-12-11(5-6-14(12)19)13(8-10)16(20)18-15(9(2)3)17(21)22/h8-12,15H,4-7H2,1-3H3,(H,18,20)(H,21,22)/t10-,11+,12+,15+/m1/s1. The lowest BCUT2D eigenvalue weighted by Gasteiger charge is -2.30. The van der Waals surface area contributed by atoms with E-state index in [1.54, 1.807) is 13.8 Å². The van der Waals surface area contributed by atoms with Gasteiger partial charge >= 0.3 is 5.97 Å². The van der Waals surface area contributed by atoms with Crippen molar-refractivity contribution in [3.8, 4) is 0 Å². The van der Waals surface area contributed by atoms with Gasteiger partial charge in [-0.1, -0.05) is 26.8 Å². The van der Waals surface area contributed by atoms with E-state index < -0.39 is 12.0 Å². The Kier molecular flexibility index (Phi) is 5.04. The van der Waals surface area contributed by atoms with Crippen LogP contribution in [0, 0.1) is 23.7 Å². The summed E-state index contributed by atoms with van der Waals surface area (Å²) in [7, 11) is 0. The number of nitrogens with one attached hydrogen (secondary N) is 1. The van der Waals surface area contributed by atoms with Gasteiger partial charge in [-0.3, -0.25) is 9.59 Å². The first-order valence-electron chi connectivity index (χ1n) is 8.13. The number of ketones is 1. The number of carboxylic acid groups (broad SMARTS) is 1. The lowest BCUT2D eigenvalue weighted by molar-refractivity contribution is -0.142. The minimum atomic E-state index is -1.02. The molecule has 1 amide bonds. The number of carbonyl (C=O) groups excluding carboxylic acids is 2. The molecule has 122 valence electrons. The van der Waals surface area contributed by atoms with Crippen molar-refractivity contribution in [3.05, 3.63) is 11.6 Å². The van der Waals surface area contributed by atoms with Crippen LogP contribution in [-0.2, 0) is 14.4 Å². The summed E-state index contributed by atoms with van der Waals surface area (Å²) >= 11 is 0. The molecule has 4 atom stereocenters. The topological polar surface area (TPSA) is 83.5 Å². The monoisotopic (exact) mass is 307 g/mol. The highest BCUT2D eigenvalue weighted by Crippen LogP contribution is 2.43. The van der Waals surface area contributed by atoms with Gasteiger partial charge in [-0.25, -0.2) is 4.79 Å². The molecule has 0 aliphatic heterocycles. The van der Waals surface area contributed by atoms with E-state index in [0.29, 0.717) is 18.4 Å². The van der Waals surface area contributed by atoms with Gasteiger partial charge in [0.2, 0.25) is 5.91 Å². The van der Waals surface area contributed by atoms with Crippen molar-refractivity contribution in [2.45, 2.75) is 52.5 Å². The molecule has 0 radical (unpaired) electrons. The first-order valence-corrected chi connectivity index (χ1v) is 8.13. The van der Waals surface area contributed by atoms with Crippen LogP contribution < -0.4 is 5.32 Å². The normalized spacial score (nSPS) is 29.0. The summed E-state index contributed by atoms with van der Waals surface area (Å²) in [4.78, 5) is 35.9. The number of hydrogen-bond acceptors (Lipinski definition) is 3. The Morgan fingerprint density at radius 3 is 2.59 bits per heavy atom. The second kappa shape index (κ2) is 6.63. The number of carboxylic acids is 1. The summed E-state index contributed by atoms with van der Waals surface area (Å²) in [6.07, 6.45) is 4.92. The molecule has 0 bridgehead atoms. The highest BCUT2D eigenvalue weighted by molar-refractivity contribution is 5.98. The van der Waals surface area contributed by atoms with E-state index in [2.05, 4.69) is 5.32 Å². The zero-order valence-electron chi connectivity index (χ0n) is 13.5. The molecule has 1 saturated carbocycles. The van der Waals surface area contributed by atoms with Crippen molar-refractivity contribution < 1.29 is 19.5 Å². The Morgan fingerprint density at radius 1 is 1.36 bits per heavy atom. The van der Waals surface area contributed by atoms with E-state index >= 15 is 0 Å². The Hall–Kier alpha value is -1.65. The van der Waals surface area contributed by atoms with Gasteiger partial charge in [-0.15, -0.1) is 0 Å². The van der Waals surface area contributed by atoms with E-state index in [4.69, 9.17) is 0 Å². The van der Waals surface area contributed by atoms with Gasteiger partial charge < -0.3 is 10.4 Å². The van der Waals surface area contributed by atoms with Crippen molar-refractivity contribution in [3.63, 3.8) is 0 Å². The largest absolute Gasteiger partial charge is 0.480 e. The van der Waals surface area contributed by atoms with Crippen molar-refractivity contribution in [1.29, 1.82) is 0 Å². The van der Waals surface area contributed by atoms with E-state index in [9.17, 15) is 19.5 Å². The predicted molar refractivity (Wildman–Crippen MR) is 82.1 cm³/mol. The number of rotatable bonds is 5. The van der Waals surface area contributed by atoms with Gasteiger partial charge in [-0.2, -0.15) is 0 Å². The molecule has 2 rings (SSSR count). The smallest absolute Gasteiger partial charge is 0.326 e. The summed E-state index contributed by atoms with van der Waals surface area (Å²) in [6.45, 7) is 5.58. The Labute approximate surface area is 131 Å². The van der Waals surface area contributed by atoms with Crippen LogP contribution in [0.2, 0.25) is 0 Å². The number of hydrogen-bond donors (Lipinski definition) is 2. The first kappa shape index (κ1) is 16.7. The summed E-state index contributed by atoms with van der Waals surface area (Å²) in [5, 5.41) is 11.9. The Bertz CT molecular complexity index is 509. The quantitative estimate of drug-likeness (QED) is 0.815. The molecule has 0 aromatic carbocycles. The van der Waals surface area contributed by atoms with Gasteiger partial charge in [0.25, 0.3) is 0 Å². The molecule has 0 unspecified atom stereocenters. The van der Waals surface area contributed by atoms with Crippen LogP contribution in [-0.4, -0.2) is 28.8 Å². The molecular formula is C17H25NO4. The highest BCUT2D eigenvalue weighted by atomic mass is 16.4. The Morgan fingerprint density at radius 2 is 2.05 bits per heavy atom. The maximum absolute atomic E-state index is 12.6. The zero-order valence-corrected chi connectivity index (χ0v) is 13.5. The molecule has 0 spiro atoms. The average Bonchev–Trinajstić information content (AvgIpc) is 2.84. The minimum Gasteiger partial charge on any atom is -0.480 e. The molecule has 2 aliphatic carbocycles. The van der Waals surface area contributed by atoms with Crippen molar-refractivity contribution >= 4 is 17.7 Å². The zero-order chi connectivity index (χ0) is 16.4. The Balaban J connectivity index is 2.21. The third-order valence-electron chi connectivity index (χ3n) is 4.98. The SMILES string of the molecule is CC[C@H]1C=C(C(=O)N[C@H](C(=O)O)C(C)C)[C@H]2CCC(=O)[C@H]2C1. The van der Waals surface area contributed by atoms with Crippen LogP contribution >= 0.6 is 0 Å². The van der Waals surface area contributed by atoms with Crippen molar-refractivity contribution in [1.82, 2.24) is 5.32 Å². The molecule has 1 fully saturated rings. The lowest BCUT2D eigenvalue weighted by atomic mass is 9.74. The van der Waals surface area contributed by atoms with Crippen LogP contribution in [0.1, 0.15) is 46.5 Å². The molecular weight excluding hydrogens is 282 g/mol. The summed E-state index contributed by atoms with van der Waals surface area (Å²) in [5.74, 6) is -1.13. The van der Waals surface area contributed by atoms with E-state index in [0.717, 1.165) is 12.8 Å². The summed E-state index contributed by atoms with van der Waals surface area (Å²) in [5.41, 5.74) is 0.626. The molecule has 22 heavy (non-hydrogen) atoms. The molecule has 0 saturated heterocycles. The van der Waals surface area contributed by atoms with Gasteiger partial charge in [0.1, 0.15) is 11.8 Å². The molecule has 2 N–H and O–H groups in total. The van der Waals surface area contributed by atoms with E-state index in [1.807, 2.05) is 13.0 Å². The van der Waals surface area contributed by atoms with Crippen molar-refractivity contribution in [2.24, 2.45) is 23.7 Å². The lowest BCUT2D eigenvalue weighted by Crippen LogP contribution is -2.46. The minimum absolute atomic E-state index is 0.0306. The van der Waals surface area contributed by atoms with Crippen LogP contribution in [0.3, 0.4) is 0 Å². The number of carbonyl (C=O) groups is 3. The number of fused-ring (bicyclic) bond motifs is 1. The van der Waals surface area contributed by atoms with Crippen LogP contribution in [0.5, 0.6) is 0 Å². The summed E-state index contributed by atoms with van der Waals surface area (Å²) < 4.78 is 0. The number of aliphatic carboxylic acids is 1. The molecule has 2 aliphatic rings. The van der Waals surface area contributed by atoms with Gasteiger partial charge in [0, 0.05) is 17.9 Å². The van der Waals surface area contributed by atoms with Gasteiger partial charge in [0.15, 0.2) is 0 Å². The predicted octanol–water partition coefficient (Wildman–Crippen LogP) is 2.16. The van der Waals surface area contributed by atoms with E-state index in [-0.39, 0.29) is 35.4 Å². The maximum atomic E-state index is 12.6. The van der Waals surface area contributed by atoms with Gasteiger partial charge in [0.05, 0.1) is 0 Å². The first-order chi connectivity index (χ1) is 10.3. The number of allylic oxidation sites excluding steroid dienone is 1. The van der Waals surface area contributed by atoms with Crippen LogP contribution in [0.25, 0.3) is 0 Å². The van der Waals surface area contributed by atoms with E-state index in [1.165, 1.54) is 0 Å². The van der Waals surface area contributed by atoms with Crippen LogP contribution in [0.4, 0.5) is 0 Å². The summed E-state index contributed by atoms with van der Waals surface area (Å²) in [6, 6.07) is -0.897. The van der Waals surface area contributed by atoms with Crippen molar-refractivity contribution in [2.75, 3.05) is 0 Å². The second-order valence-corrected chi connectivity index (χ2v) is 6.78. The number of Topliss-reactive ketones (excluding diaryl/α,β-unsaturated/α-hetero) is 1.